The molecule has 2 atom stereocenters. The molecule has 1 fully saturated rings. The predicted molar refractivity (Wildman–Crippen MR) is 77.9 cm³/mol. The lowest BCUT2D eigenvalue weighted by atomic mass is 10.1. The minimum Gasteiger partial charge on any atom is -0.444 e. The third kappa shape index (κ3) is 2.69. The summed E-state index contributed by atoms with van der Waals surface area (Å²) >= 11 is 0. The lowest BCUT2D eigenvalue weighted by molar-refractivity contribution is -0.0249. The van der Waals surface area contributed by atoms with Crippen LogP contribution in [0.1, 0.15) is 24.2 Å². The minimum atomic E-state index is 0.0439. The van der Waals surface area contributed by atoms with Gasteiger partial charge in [-0.3, -0.25) is 4.79 Å². The Labute approximate surface area is 123 Å². The van der Waals surface area contributed by atoms with E-state index in [0.717, 1.165) is 5.56 Å². The zero-order valence-corrected chi connectivity index (χ0v) is 12.2. The number of amides is 1. The molecule has 1 amide bonds. The third-order valence-electron chi connectivity index (χ3n) is 3.75. The number of ether oxygens (including phenoxy) is 1. The molecular weight excluding hydrogens is 268 g/mol. The maximum atomic E-state index is 12.7. The van der Waals surface area contributed by atoms with E-state index in [-0.39, 0.29) is 18.0 Å². The van der Waals surface area contributed by atoms with E-state index in [0.29, 0.717) is 24.5 Å². The number of oxazole rings is 1. The quantitative estimate of drug-likeness (QED) is 0.851. The van der Waals surface area contributed by atoms with Crippen molar-refractivity contribution in [3.05, 3.63) is 42.4 Å². The van der Waals surface area contributed by atoms with E-state index in [1.165, 1.54) is 6.39 Å². The second-order valence-electron chi connectivity index (χ2n) is 5.39. The number of hydrogen-bond acceptors (Lipinski definition) is 4. The first-order valence-corrected chi connectivity index (χ1v) is 7.06. The molecule has 0 aliphatic carbocycles. The van der Waals surface area contributed by atoms with Crippen LogP contribution in [-0.4, -0.2) is 41.1 Å². The van der Waals surface area contributed by atoms with E-state index in [1.807, 2.05) is 43.0 Å². The van der Waals surface area contributed by atoms with Crippen molar-refractivity contribution in [2.75, 3.05) is 13.2 Å². The molecule has 3 rings (SSSR count). The molecule has 1 aliphatic heterocycles. The molecule has 5 nitrogen and oxygen atoms in total. The van der Waals surface area contributed by atoms with Crippen LogP contribution in [-0.2, 0) is 4.74 Å². The van der Waals surface area contributed by atoms with E-state index in [2.05, 4.69) is 4.98 Å². The van der Waals surface area contributed by atoms with E-state index in [9.17, 15) is 4.79 Å². The number of nitrogens with zero attached hydrogens (tertiary/aromatic N) is 2. The summed E-state index contributed by atoms with van der Waals surface area (Å²) in [5.41, 5.74) is 1.59. The first kappa shape index (κ1) is 13.8. The van der Waals surface area contributed by atoms with Crippen LogP contribution in [0.2, 0.25) is 0 Å². The fraction of sp³-hybridized carbons (Fsp3) is 0.375. The number of carbonyl (C=O) groups is 1. The summed E-state index contributed by atoms with van der Waals surface area (Å²) < 4.78 is 10.7. The number of hydrogen-bond donors (Lipinski definition) is 0. The van der Waals surface area contributed by atoms with Crippen LogP contribution in [0.25, 0.3) is 11.3 Å². The highest BCUT2D eigenvalue weighted by atomic mass is 16.5. The van der Waals surface area contributed by atoms with Crippen LogP contribution in [0.5, 0.6) is 0 Å². The molecule has 0 spiro atoms. The zero-order chi connectivity index (χ0) is 14.8. The average molecular weight is 286 g/mol. The van der Waals surface area contributed by atoms with Crippen molar-refractivity contribution in [3.63, 3.8) is 0 Å². The number of morpholine rings is 1. The summed E-state index contributed by atoms with van der Waals surface area (Å²) in [6.45, 7) is 5.20. The van der Waals surface area contributed by atoms with Gasteiger partial charge in [-0.25, -0.2) is 4.98 Å². The van der Waals surface area contributed by atoms with Gasteiger partial charge in [0.1, 0.15) is 0 Å². The second kappa shape index (κ2) is 5.69. The standard InChI is InChI=1S/C16H18N2O3/c1-11-8-20-9-12(2)18(11)16(19)14-5-3-13(4-6-14)15-7-17-10-21-15/h3-7,10-12H,8-9H2,1-2H3. The molecule has 21 heavy (non-hydrogen) atoms. The highest BCUT2D eigenvalue weighted by Gasteiger charge is 2.30. The second-order valence-corrected chi connectivity index (χ2v) is 5.39. The van der Waals surface area contributed by atoms with Gasteiger partial charge in [0.25, 0.3) is 5.91 Å². The molecule has 0 radical (unpaired) electrons. The van der Waals surface area contributed by atoms with E-state index in [1.54, 1.807) is 6.20 Å². The SMILES string of the molecule is CC1COCC(C)N1C(=O)c1ccc(-c2cnco2)cc1. The Morgan fingerprint density at radius 2 is 1.86 bits per heavy atom. The molecule has 110 valence electrons. The van der Waals surface area contributed by atoms with E-state index >= 15 is 0 Å². The molecule has 2 unspecified atom stereocenters. The van der Waals surface area contributed by atoms with Crippen LogP contribution >= 0.6 is 0 Å². The van der Waals surface area contributed by atoms with Crippen molar-refractivity contribution in [2.45, 2.75) is 25.9 Å². The Bertz CT molecular complexity index is 597. The molecule has 2 aromatic rings. The summed E-state index contributed by atoms with van der Waals surface area (Å²) in [5, 5.41) is 0. The van der Waals surface area contributed by atoms with Gasteiger partial charge < -0.3 is 14.1 Å². The van der Waals surface area contributed by atoms with Crippen molar-refractivity contribution in [2.24, 2.45) is 0 Å². The summed E-state index contributed by atoms with van der Waals surface area (Å²) in [6, 6.07) is 7.60. The molecule has 0 bridgehead atoms. The Kier molecular flexibility index (Phi) is 3.75. The van der Waals surface area contributed by atoms with Gasteiger partial charge >= 0.3 is 0 Å². The number of aromatic nitrogens is 1. The minimum absolute atomic E-state index is 0.0439. The van der Waals surface area contributed by atoms with Gasteiger partial charge in [-0.15, -0.1) is 0 Å². The molecular formula is C16H18N2O3. The summed E-state index contributed by atoms with van der Waals surface area (Å²) in [7, 11) is 0. The van der Waals surface area contributed by atoms with Crippen LogP contribution in [0, 0.1) is 0 Å². The number of carbonyl (C=O) groups excluding carboxylic acids is 1. The normalized spacial score (nSPS) is 22.3. The van der Waals surface area contributed by atoms with Crippen molar-refractivity contribution in [1.29, 1.82) is 0 Å². The van der Waals surface area contributed by atoms with Gasteiger partial charge in [0.05, 0.1) is 31.5 Å². The van der Waals surface area contributed by atoms with Crippen LogP contribution in [0.4, 0.5) is 0 Å². The molecule has 1 aliphatic rings. The van der Waals surface area contributed by atoms with Crippen LogP contribution in [0.3, 0.4) is 0 Å². The monoisotopic (exact) mass is 286 g/mol. The maximum Gasteiger partial charge on any atom is 0.254 e. The van der Waals surface area contributed by atoms with Crippen LogP contribution < -0.4 is 0 Å². The molecule has 0 N–H and O–H groups in total. The summed E-state index contributed by atoms with van der Waals surface area (Å²) in [5.74, 6) is 0.740. The Morgan fingerprint density at radius 1 is 1.19 bits per heavy atom. The van der Waals surface area contributed by atoms with Crippen molar-refractivity contribution < 1.29 is 13.9 Å². The van der Waals surface area contributed by atoms with Crippen LogP contribution in [0.15, 0.2) is 41.3 Å². The Balaban J connectivity index is 1.81. The van der Waals surface area contributed by atoms with E-state index < -0.39 is 0 Å². The Morgan fingerprint density at radius 3 is 2.43 bits per heavy atom. The lowest BCUT2D eigenvalue weighted by Gasteiger charge is -2.38. The van der Waals surface area contributed by atoms with Crippen molar-refractivity contribution in [3.8, 4) is 11.3 Å². The van der Waals surface area contributed by atoms with Crippen molar-refractivity contribution >= 4 is 5.91 Å². The van der Waals surface area contributed by atoms with Crippen molar-refractivity contribution in [1.82, 2.24) is 9.88 Å². The smallest absolute Gasteiger partial charge is 0.254 e. The van der Waals surface area contributed by atoms with Gasteiger partial charge in [-0.2, -0.15) is 0 Å². The third-order valence-corrected chi connectivity index (χ3v) is 3.75. The molecule has 1 saturated heterocycles. The highest BCUT2D eigenvalue weighted by Crippen LogP contribution is 2.21. The zero-order valence-electron chi connectivity index (χ0n) is 12.2. The maximum absolute atomic E-state index is 12.7. The Hall–Kier alpha value is -2.14. The molecule has 1 aromatic heterocycles. The number of benzene rings is 1. The fourth-order valence-electron chi connectivity index (χ4n) is 2.69. The average Bonchev–Trinajstić information content (AvgIpc) is 3.01. The van der Waals surface area contributed by atoms with E-state index in [4.69, 9.17) is 9.15 Å². The highest BCUT2D eigenvalue weighted by molar-refractivity contribution is 5.95. The molecule has 5 heteroatoms. The first-order valence-electron chi connectivity index (χ1n) is 7.06. The lowest BCUT2D eigenvalue weighted by Crippen LogP contribution is -2.52. The van der Waals surface area contributed by atoms with Gasteiger partial charge in [-0.05, 0) is 26.0 Å². The first-order chi connectivity index (χ1) is 10.2. The predicted octanol–water partition coefficient (Wildman–Crippen LogP) is 2.59. The number of rotatable bonds is 2. The fourth-order valence-corrected chi connectivity index (χ4v) is 2.69. The van der Waals surface area contributed by atoms with Gasteiger partial charge in [-0.1, -0.05) is 12.1 Å². The molecule has 0 saturated carbocycles. The largest absolute Gasteiger partial charge is 0.444 e. The molecule has 1 aromatic carbocycles. The molecule has 2 heterocycles. The van der Waals surface area contributed by atoms with Gasteiger partial charge in [0.15, 0.2) is 12.2 Å². The van der Waals surface area contributed by atoms with Gasteiger partial charge in [0.2, 0.25) is 0 Å². The summed E-state index contributed by atoms with van der Waals surface area (Å²) in [4.78, 5) is 18.4. The summed E-state index contributed by atoms with van der Waals surface area (Å²) in [6.07, 6.45) is 3.05. The van der Waals surface area contributed by atoms with Gasteiger partial charge in [0, 0.05) is 11.1 Å². The topological polar surface area (TPSA) is 55.6 Å².